The molecule has 1 aliphatic rings. The standard InChI is InChI=1S/C12H18N2O3/c1-8(15)6-10-4-3-5-14(10)12(16)11-7-9(2)17-13-11/h7-8,10,15H,3-6H2,1-2H3. The molecule has 0 saturated carbocycles. The molecule has 1 fully saturated rings. The molecule has 2 atom stereocenters. The number of aliphatic hydroxyl groups excluding tert-OH is 1. The average Bonchev–Trinajstić information content (AvgIpc) is 2.85. The summed E-state index contributed by atoms with van der Waals surface area (Å²) < 4.78 is 4.91. The molecule has 5 heteroatoms. The third-order valence-corrected chi connectivity index (χ3v) is 3.10. The first-order chi connectivity index (χ1) is 8.08. The van der Waals surface area contributed by atoms with E-state index in [0.29, 0.717) is 17.9 Å². The van der Waals surface area contributed by atoms with Crippen molar-refractivity contribution >= 4 is 5.91 Å². The summed E-state index contributed by atoms with van der Waals surface area (Å²) in [5.74, 6) is 0.546. The third kappa shape index (κ3) is 2.66. The van der Waals surface area contributed by atoms with Crippen molar-refractivity contribution in [3.63, 3.8) is 0 Å². The molecule has 0 aromatic carbocycles. The molecule has 1 amide bonds. The second kappa shape index (κ2) is 4.87. The van der Waals surface area contributed by atoms with Gasteiger partial charge in [0.1, 0.15) is 5.76 Å². The number of rotatable bonds is 3. The van der Waals surface area contributed by atoms with Crippen LogP contribution in [0, 0.1) is 6.92 Å². The number of carbonyl (C=O) groups excluding carboxylic acids is 1. The SMILES string of the molecule is Cc1cc(C(=O)N2CCCC2CC(C)O)no1. The van der Waals surface area contributed by atoms with Crippen molar-refractivity contribution in [3.8, 4) is 0 Å². The van der Waals surface area contributed by atoms with Gasteiger partial charge in [0.15, 0.2) is 5.69 Å². The number of nitrogens with zero attached hydrogens (tertiary/aromatic N) is 2. The molecule has 0 spiro atoms. The van der Waals surface area contributed by atoms with Gasteiger partial charge < -0.3 is 14.5 Å². The van der Waals surface area contributed by atoms with E-state index in [0.717, 1.165) is 19.4 Å². The monoisotopic (exact) mass is 238 g/mol. The summed E-state index contributed by atoms with van der Waals surface area (Å²) in [5, 5.41) is 13.2. The van der Waals surface area contributed by atoms with Crippen LogP contribution in [0.1, 0.15) is 42.4 Å². The summed E-state index contributed by atoms with van der Waals surface area (Å²) >= 11 is 0. The topological polar surface area (TPSA) is 66.6 Å². The second-order valence-electron chi connectivity index (χ2n) is 4.70. The molecule has 0 radical (unpaired) electrons. The van der Waals surface area contributed by atoms with Crippen LogP contribution in [0.2, 0.25) is 0 Å². The number of likely N-dealkylation sites (tertiary alicyclic amines) is 1. The number of hydrogen-bond acceptors (Lipinski definition) is 4. The Bertz CT molecular complexity index is 400. The smallest absolute Gasteiger partial charge is 0.276 e. The largest absolute Gasteiger partial charge is 0.393 e. The van der Waals surface area contributed by atoms with Gasteiger partial charge in [0.05, 0.1) is 6.10 Å². The molecule has 2 heterocycles. The molecule has 1 aromatic heterocycles. The van der Waals surface area contributed by atoms with E-state index < -0.39 is 0 Å². The number of amides is 1. The first kappa shape index (κ1) is 12.1. The van der Waals surface area contributed by atoms with Gasteiger partial charge in [-0.1, -0.05) is 5.16 Å². The van der Waals surface area contributed by atoms with Crippen LogP contribution in [-0.4, -0.2) is 39.8 Å². The van der Waals surface area contributed by atoms with Gasteiger partial charge in [-0.15, -0.1) is 0 Å². The number of carbonyl (C=O) groups is 1. The van der Waals surface area contributed by atoms with Crippen molar-refractivity contribution in [1.82, 2.24) is 10.1 Å². The highest BCUT2D eigenvalue weighted by atomic mass is 16.5. The van der Waals surface area contributed by atoms with E-state index in [4.69, 9.17) is 4.52 Å². The van der Waals surface area contributed by atoms with Crippen LogP contribution in [0.25, 0.3) is 0 Å². The van der Waals surface area contributed by atoms with Crippen LogP contribution in [0.5, 0.6) is 0 Å². The van der Waals surface area contributed by atoms with Crippen molar-refractivity contribution in [2.24, 2.45) is 0 Å². The van der Waals surface area contributed by atoms with Crippen molar-refractivity contribution in [1.29, 1.82) is 0 Å². The molecule has 2 rings (SSSR count). The molecule has 1 saturated heterocycles. The van der Waals surface area contributed by atoms with E-state index in [1.54, 1.807) is 24.8 Å². The van der Waals surface area contributed by atoms with E-state index in [1.165, 1.54) is 0 Å². The van der Waals surface area contributed by atoms with Gasteiger partial charge in [-0.05, 0) is 33.1 Å². The predicted octanol–water partition coefficient (Wildman–Crippen LogP) is 1.36. The summed E-state index contributed by atoms with van der Waals surface area (Å²) in [7, 11) is 0. The first-order valence-electron chi connectivity index (χ1n) is 6.00. The maximum absolute atomic E-state index is 12.2. The molecule has 5 nitrogen and oxygen atoms in total. The fourth-order valence-corrected chi connectivity index (χ4v) is 2.36. The predicted molar refractivity (Wildman–Crippen MR) is 61.6 cm³/mol. The molecule has 1 aromatic rings. The van der Waals surface area contributed by atoms with Crippen LogP contribution in [-0.2, 0) is 0 Å². The minimum Gasteiger partial charge on any atom is -0.393 e. The lowest BCUT2D eigenvalue weighted by molar-refractivity contribution is 0.0672. The zero-order valence-corrected chi connectivity index (χ0v) is 10.2. The number of aliphatic hydroxyl groups is 1. The van der Waals surface area contributed by atoms with Gasteiger partial charge in [0, 0.05) is 18.7 Å². The molecular weight excluding hydrogens is 220 g/mol. The summed E-state index contributed by atoms with van der Waals surface area (Å²) in [6, 6.07) is 1.78. The third-order valence-electron chi connectivity index (χ3n) is 3.10. The zero-order chi connectivity index (χ0) is 12.4. The normalized spacial score (nSPS) is 21.8. The molecule has 94 valence electrons. The van der Waals surface area contributed by atoms with Crippen molar-refractivity contribution in [2.45, 2.75) is 45.3 Å². The molecule has 0 aliphatic carbocycles. The molecular formula is C12H18N2O3. The Kier molecular flexibility index (Phi) is 3.47. The van der Waals surface area contributed by atoms with E-state index >= 15 is 0 Å². The maximum atomic E-state index is 12.2. The minimum absolute atomic E-state index is 0.0926. The van der Waals surface area contributed by atoms with Crippen LogP contribution in [0.15, 0.2) is 10.6 Å². The van der Waals surface area contributed by atoms with Crippen LogP contribution in [0.4, 0.5) is 0 Å². The Labute approximate surface area is 100 Å². The van der Waals surface area contributed by atoms with Gasteiger partial charge in [-0.3, -0.25) is 4.79 Å². The van der Waals surface area contributed by atoms with Crippen LogP contribution >= 0.6 is 0 Å². The lowest BCUT2D eigenvalue weighted by atomic mass is 10.1. The first-order valence-corrected chi connectivity index (χ1v) is 6.00. The highest BCUT2D eigenvalue weighted by molar-refractivity contribution is 5.92. The number of hydrogen-bond donors (Lipinski definition) is 1. The lowest BCUT2D eigenvalue weighted by Gasteiger charge is -2.24. The Balaban J connectivity index is 2.08. The fourth-order valence-electron chi connectivity index (χ4n) is 2.36. The molecule has 0 bridgehead atoms. The maximum Gasteiger partial charge on any atom is 0.276 e. The van der Waals surface area contributed by atoms with Gasteiger partial charge in [0.2, 0.25) is 0 Å². The minimum atomic E-state index is -0.382. The lowest BCUT2D eigenvalue weighted by Crippen LogP contribution is -2.37. The van der Waals surface area contributed by atoms with Gasteiger partial charge in [-0.25, -0.2) is 0 Å². The van der Waals surface area contributed by atoms with E-state index in [2.05, 4.69) is 5.16 Å². The van der Waals surface area contributed by atoms with Gasteiger partial charge in [0.25, 0.3) is 5.91 Å². The Morgan fingerprint density at radius 3 is 3.12 bits per heavy atom. The van der Waals surface area contributed by atoms with Crippen molar-refractivity contribution < 1.29 is 14.4 Å². The van der Waals surface area contributed by atoms with Gasteiger partial charge >= 0.3 is 0 Å². The van der Waals surface area contributed by atoms with Crippen LogP contribution < -0.4 is 0 Å². The molecule has 1 N–H and O–H groups in total. The Morgan fingerprint density at radius 2 is 2.53 bits per heavy atom. The zero-order valence-electron chi connectivity index (χ0n) is 10.2. The quantitative estimate of drug-likeness (QED) is 0.863. The van der Waals surface area contributed by atoms with Gasteiger partial charge in [-0.2, -0.15) is 0 Å². The van der Waals surface area contributed by atoms with Crippen molar-refractivity contribution in [3.05, 3.63) is 17.5 Å². The molecule has 1 aliphatic heterocycles. The van der Waals surface area contributed by atoms with Crippen LogP contribution in [0.3, 0.4) is 0 Å². The highest BCUT2D eigenvalue weighted by Crippen LogP contribution is 2.23. The Morgan fingerprint density at radius 1 is 1.76 bits per heavy atom. The van der Waals surface area contributed by atoms with E-state index in [-0.39, 0.29) is 18.1 Å². The van der Waals surface area contributed by atoms with Crippen molar-refractivity contribution in [2.75, 3.05) is 6.54 Å². The highest BCUT2D eigenvalue weighted by Gasteiger charge is 2.31. The molecule has 17 heavy (non-hydrogen) atoms. The van der Waals surface area contributed by atoms with E-state index in [9.17, 15) is 9.90 Å². The fraction of sp³-hybridized carbons (Fsp3) is 0.667. The summed E-state index contributed by atoms with van der Waals surface area (Å²) in [6.45, 7) is 4.25. The average molecular weight is 238 g/mol. The summed E-state index contributed by atoms with van der Waals surface area (Å²) in [5.41, 5.74) is 0.361. The second-order valence-corrected chi connectivity index (χ2v) is 4.70. The summed E-state index contributed by atoms with van der Waals surface area (Å²) in [4.78, 5) is 14.0. The molecule has 2 unspecified atom stereocenters. The Hall–Kier alpha value is -1.36. The summed E-state index contributed by atoms with van der Waals surface area (Å²) in [6.07, 6.45) is 2.18. The number of aryl methyl sites for hydroxylation is 1. The number of aromatic nitrogens is 1. The van der Waals surface area contributed by atoms with E-state index in [1.807, 2.05) is 0 Å².